The lowest BCUT2D eigenvalue weighted by Crippen LogP contribution is -2.45. The third-order valence-corrected chi connectivity index (χ3v) is 3.36. The van der Waals surface area contributed by atoms with E-state index in [9.17, 15) is 8.78 Å². The van der Waals surface area contributed by atoms with Crippen molar-refractivity contribution >= 4 is 0 Å². The zero-order valence-corrected chi connectivity index (χ0v) is 10.1. The molecule has 0 spiro atoms. The summed E-state index contributed by atoms with van der Waals surface area (Å²) in [4.78, 5) is 4.45. The molecule has 0 bridgehead atoms. The molecule has 17 heavy (non-hydrogen) atoms. The second kappa shape index (κ2) is 5.56. The fraction of sp³-hybridized carbons (Fsp3) is 0.538. The van der Waals surface area contributed by atoms with Crippen molar-refractivity contribution in [3.8, 4) is 0 Å². The summed E-state index contributed by atoms with van der Waals surface area (Å²) in [5, 5.41) is 0. The number of nitrogens with zero attached hydrogens (tertiary/aromatic N) is 2. The topological polar surface area (TPSA) is 6.48 Å². The lowest BCUT2D eigenvalue weighted by atomic mass is 10.1. The first kappa shape index (κ1) is 12.5. The van der Waals surface area contributed by atoms with E-state index in [0.29, 0.717) is 6.54 Å². The number of hydrogen-bond donors (Lipinski definition) is 0. The van der Waals surface area contributed by atoms with Crippen LogP contribution >= 0.6 is 0 Å². The van der Waals surface area contributed by atoms with Crippen LogP contribution in [0.5, 0.6) is 0 Å². The first-order valence-corrected chi connectivity index (χ1v) is 6.08. The van der Waals surface area contributed by atoms with Crippen molar-refractivity contribution in [2.75, 3.05) is 32.7 Å². The van der Waals surface area contributed by atoms with Crippen molar-refractivity contribution in [1.29, 1.82) is 0 Å². The van der Waals surface area contributed by atoms with Gasteiger partial charge in [-0.15, -0.1) is 0 Å². The summed E-state index contributed by atoms with van der Waals surface area (Å²) in [7, 11) is 0. The fourth-order valence-corrected chi connectivity index (χ4v) is 2.17. The Morgan fingerprint density at radius 3 is 2.06 bits per heavy atom. The number of hydrogen-bond acceptors (Lipinski definition) is 2. The normalized spacial score (nSPS) is 18.5. The van der Waals surface area contributed by atoms with Crippen molar-refractivity contribution in [2.45, 2.75) is 13.5 Å². The predicted octanol–water partition coefficient (Wildman–Crippen LogP) is 2.10. The highest BCUT2D eigenvalue weighted by Gasteiger charge is 2.18. The minimum absolute atomic E-state index is 0.192. The van der Waals surface area contributed by atoms with Gasteiger partial charge in [-0.05, 0) is 18.7 Å². The number of benzene rings is 1. The Hall–Kier alpha value is -1.00. The third-order valence-electron chi connectivity index (χ3n) is 3.36. The number of piperazine rings is 1. The molecule has 4 heteroatoms. The van der Waals surface area contributed by atoms with E-state index >= 15 is 0 Å². The lowest BCUT2D eigenvalue weighted by Gasteiger charge is -2.34. The highest BCUT2D eigenvalue weighted by Crippen LogP contribution is 2.15. The van der Waals surface area contributed by atoms with Crippen LogP contribution in [0, 0.1) is 11.6 Å². The number of rotatable bonds is 3. The summed E-state index contributed by atoms with van der Waals surface area (Å²) < 4.78 is 26.9. The molecule has 1 fully saturated rings. The smallest absolute Gasteiger partial charge is 0.130 e. The first-order valence-electron chi connectivity index (χ1n) is 6.08. The van der Waals surface area contributed by atoms with Crippen molar-refractivity contribution < 1.29 is 8.78 Å². The molecule has 94 valence electrons. The van der Waals surface area contributed by atoms with E-state index in [1.165, 1.54) is 18.2 Å². The Morgan fingerprint density at radius 2 is 1.53 bits per heavy atom. The zero-order valence-electron chi connectivity index (χ0n) is 10.1. The van der Waals surface area contributed by atoms with Crippen LogP contribution in [0.1, 0.15) is 12.5 Å². The van der Waals surface area contributed by atoms with Crippen molar-refractivity contribution in [3.05, 3.63) is 35.4 Å². The molecule has 1 heterocycles. The summed E-state index contributed by atoms with van der Waals surface area (Å²) in [5.74, 6) is -0.883. The van der Waals surface area contributed by atoms with E-state index in [1.54, 1.807) is 0 Å². The molecule has 0 unspecified atom stereocenters. The fourth-order valence-electron chi connectivity index (χ4n) is 2.17. The van der Waals surface area contributed by atoms with Crippen LogP contribution in [-0.4, -0.2) is 42.5 Å². The molecule has 0 N–H and O–H groups in total. The second-order valence-electron chi connectivity index (χ2n) is 4.41. The van der Waals surface area contributed by atoms with Gasteiger partial charge in [0.1, 0.15) is 11.6 Å². The summed E-state index contributed by atoms with van der Waals surface area (Å²) in [6.45, 7) is 7.26. The maximum atomic E-state index is 13.5. The van der Waals surface area contributed by atoms with E-state index in [4.69, 9.17) is 0 Å². The van der Waals surface area contributed by atoms with Crippen LogP contribution in [0.2, 0.25) is 0 Å². The number of likely N-dealkylation sites (N-methyl/N-ethyl adjacent to an activating group) is 1. The van der Waals surface area contributed by atoms with Gasteiger partial charge in [-0.3, -0.25) is 4.90 Å². The minimum Gasteiger partial charge on any atom is -0.301 e. The van der Waals surface area contributed by atoms with Gasteiger partial charge in [0.05, 0.1) is 0 Å². The molecule has 1 saturated heterocycles. The van der Waals surface area contributed by atoms with Crippen LogP contribution in [0.25, 0.3) is 0 Å². The van der Waals surface area contributed by atoms with Crippen LogP contribution in [0.4, 0.5) is 8.78 Å². The molecule has 0 radical (unpaired) electrons. The van der Waals surface area contributed by atoms with Crippen molar-refractivity contribution in [3.63, 3.8) is 0 Å². The van der Waals surface area contributed by atoms with Gasteiger partial charge in [0.15, 0.2) is 0 Å². The Labute approximate surface area is 101 Å². The van der Waals surface area contributed by atoms with Gasteiger partial charge in [0, 0.05) is 38.3 Å². The van der Waals surface area contributed by atoms with Crippen LogP contribution in [0.3, 0.4) is 0 Å². The second-order valence-corrected chi connectivity index (χ2v) is 4.41. The largest absolute Gasteiger partial charge is 0.301 e. The first-order chi connectivity index (χ1) is 8.20. The van der Waals surface area contributed by atoms with Crippen molar-refractivity contribution in [2.24, 2.45) is 0 Å². The quantitative estimate of drug-likeness (QED) is 0.798. The van der Waals surface area contributed by atoms with E-state index in [0.717, 1.165) is 32.7 Å². The molecule has 1 aliphatic rings. The van der Waals surface area contributed by atoms with E-state index in [1.807, 2.05) is 0 Å². The minimum atomic E-state index is -0.442. The molecule has 2 rings (SSSR count). The summed E-state index contributed by atoms with van der Waals surface area (Å²) in [6.07, 6.45) is 0. The molecule has 1 aromatic carbocycles. The average molecular weight is 240 g/mol. The molecular weight excluding hydrogens is 222 g/mol. The Kier molecular flexibility index (Phi) is 4.07. The lowest BCUT2D eigenvalue weighted by molar-refractivity contribution is 0.129. The zero-order chi connectivity index (χ0) is 12.3. The predicted molar refractivity (Wildman–Crippen MR) is 63.7 cm³/mol. The molecule has 1 aromatic rings. The van der Waals surface area contributed by atoms with Crippen LogP contribution in [0.15, 0.2) is 18.2 Å². The maximum absolute atomic E-state index is 13.5. The molecule has 0 aliphatic carbocycles. The molecular formula is C13H18F2N2. The summed E-state index contributed by atoms with van der Waals surface area (Å²) >= 11 is 0. The van der Waals surface area contributed by atoms with Gasteiger partial charge >= 0.3 is 0 Å². The van der Waals surface area contributed by atoms with E-state index in [2.05, 4.69) is 16.7 Å². The molecule has 2 nitrogen and oxygen atoms in total. The van der Waals surface area contributed by atoms with Gasteiger partial charge in [-0.2, -0.15) is 0 Å². The highest BCUT2D eigenvalue weighted by molar-refractivity contribution is 5.19. The standard InChI is InChI=1S/C13H18F2N2/c1-2-16-6-8-17(9-7-16)10-11-12(14)4-3-5-13(11)15/h3-5H,2,6-10H2,1H3. The average Bonchev–Trinajstić information content (AvgIpc) is 2.35. The van der Waals surface area contributed by atoms with Gasteiger partial charge in [0.2, 0.25) is 0 Å². The summed E-state index contributed by atoms with van der Waals surface area (Å²) in [6, 6.07) is 4.05. The van der Waals surface area contributed by atoms with Gasteiger partial charge < -0.3 is 4.90 Å². The van der Waals surface area contributed by atoms with Crippen LogP contribution < -0.4 is 0 Å². The van der Waals surface area contributed by atoms with Crippen molar-refractivity contribution in [1.82, 2.24) is 9.80 Å². The highest BCUT2D eigenvalue weighted by atomic mass is 19.1. The molecule has 1 aliphatic heterocycles. The SMILES string of the molecule is CCN1CCN(Cc2c(F)cccc2F)CC1. The Bertz CT molecular complexity index is 353. The van der Waals surface area contributed by atoms with Crippen LogP contribution in [-0.2, 0) is 6.54 Å². The molecule has 0 amide bonds. The number of halogens is 2. The van der Waals surface area contributed by atoms with Gasteiger partial charge in [-0.25, -0.2) is 8.78 Å². The Morgan fingerprint density at radius 1 is 1.00 bits per heavy atom. The third kappa shape index (κ3) is 3.01. The molecule has 0 atom stereocenters. The monoisotopic (exact) mass is 240 g/mol. The summed E-state index contributed by atoms with van der Waals surface area (Å²) in [5.41, 5.74) is 0.192. The van der Waals surface area contributed by atoms with Gasteiger partial charge in [0.25, 0.3) is 0 Å². The van der Waals surface area contributed by atoms with E-state index in [-0.39, 0.29) is 5.56 Å². The maximum Gasteiger partial charge on any atom is 0.130 e. The van der Waals surface area contributed by atoms with Gasteiger partial charge in [-0.1, -0.05) is 13.0 Å². The Balaban J connectivity index is 1.98. The molecule has 0 saturated carbocycles. The molecule has 0 aromatic heterocycles. The van der Waals surface area contributed by atoms with E-state index < -0.39 is 11.6 Å².